The molecule has 0 bridgehead atoms. The van der Waals surface area contributed by atoms with Gasteiger partial charge in [-0.05, 0) is 48.7 Å². The van der Waals surface area contributed by atoms with E-state index in [1.165, 1.54) is 17.0 Å². The number of carbonyl (C=O) groups is 2. The summed E-state index contributed by atoms with van der Waals surface area (Å²) in [6.45, 7) is -1.06. The van der Waals surface area contributed by atoms with Gasteiger partial charge < -0.3 is 19.9 Å². The summed E-state index contributed by atoms with van der Waals surface area (Å²) in [7, 11) is 1.62. The molecule has 1 saturated heterocycles. The number of benzene rings is 2. The first-order valence-corrected chi connectivity index (χ1v) is 9.37. The van der Waals surface area contributed by atoms with E-state index < -0.39 is 6.61 Å². The van der Waals surface area contributed by atoms with Crippen molar-refractivity contribution in [2.24, 2.45) is 0 Å². The minimum atomic E-state index is -2.87. The SMILES string of the molecule is CN(Cc1ccc(OC(F)F)cc1)C(=O)Nc1cccc(C(=O)N2CCCC2)c1. The fraction of sp³-hybridized carbons (Fsp3) is 0.333. The number of nitrogens with one attached hydrogen (secondary N) is 1. The molecule has 1 N–H and O–H groups in total. The predicted molar refractivity (Wildman–Crippen MR) is 105 cm³/mol. The van der Waals surface area contributed by atoms with Crippen molar-refractivity contribution in [3.63, 3.8) is 0 Å². The molecule has 0 spiro atoms. The molecule has 0 atom stereocenters. The lowest BCUT2D eigenvalue weighted by molar-refractivity contribution is -0.0498. The van der Waals surface area contributed by atoms with Crippen LogP contribution in [0.2, 0.25) is 0 Å². The Morgan fingerprint density at radius 1 is 1.14 bits per heavy atom. The van der Waals surface area contributed by atoms with Crippen molar-refractivity contribution in [1.29, 1.82) is 0 Å². The summed E-state index contributed by atoms with van der Waals surface area (Å²) in [5.41, 5.74) is 1.84. The van der Waals surface area contributed by atoms with Crippen LogP contribution in [0.3, 0.4) is 0 Å². The second-order valence-corrected chi connectivity index (χ2v) is 6.89. The van der Waals surface area contributed by atoms with Gasteiger partial charge in [0.15, 0.2) is 0 Å². The minimum absolute atomic E-state index is 0.0296. The molecule has 2 aromatic rings. The van der Waals surface area contributed by atoms with Crippen LogP contribution in [0.1, 0.15) is 28.8 Å². The van der Waals surface area contributed by atoms with Crippen LogP contribution in [0.25, 0.3) is 0 Å². The standard InChI is InChI=1S/C21H23F2N3O3/c1-25(14-15-7-9-18(10-8-15)29-20(22)23)21(28)24-17-6-4-5-16(13-17)19(27)26-11-2-3-12-26/h4-10,13,20H,2-3,11-12,14H2,1H3,(H,24,28). The molecule has 6 nitrogen and oxygen atoms in total. The molecule has 0 aromatic heterocycles. The minimum Gasteiger partial charge on any atom is -0.435 e. The lowest BCUT2D eigenvalue weighted by Crippen LogP contribution is -2.31. The van der Waals surface area contributed by atoms with E-state index in [1.54, 1.807) is 43.4 Å². The number of rotatable bonds is 6. The maximum atomic E-state index is 12.5. The summed E-state index contributed by atoms with van der Waals surface area (Å²) in [5.74, 6) is 0.0356. The second kappa shape index (κ2) is 9.36. The fourth-order valence-corrected chi connectivity index (χ4v) is 3.17. The fourth-order valence-electron chi connectivity index (χ4n) is 3.17. The summed E-state index contributed by atoms with van der Waals surface area (Å²) in [4.78, 5) is 28.2. The Hall–Kier alpha value is -3.16. The first-order valence-electron chi connectivity index (χ1n) is 9.37. The van der Waals surface area contributed by atoms with Gasteiger partial charge in [-0.25, -0.2) is 4.79 Å². The second-order valence-electron chi connectivity index (χ2n) is 6.89. The monoisotopic (exact) mass is 403 g/mol. The molecule has 1 fully saturated rings. The molecule has 1 aliphatic heterocycles. The van der Waals surface area contributed by atoms with Gasteiger partial charge in [0.1, 0.15) is 5.75 Å². The van der Waals surface area contributed by atoms with E-state index >= 15 is 0 Å². The molecule has 3 amide bonds. The Labute approximate surface area is 168 Å². The number of anilines is 1. The van der Waals surface area contributed by atoms with Crippen molar-refractivity contribution < 1.29 is 23.1 Å². The van der Waals surface area contributed by atoms with Gasteiger partial charge >= 0.3 is 12.6 Å². The Morgan fingerprint density at radius 3 is 2.48 bits per heavy atom. The Balaban J connectivity index is 1.58. The average molecular weight is 403 g/mol. The number of hydrogen-bond acceptors (Lipinski definition) is 3. The van der Waals surface area contributed by atoms with Crippen LogP contribution in [0.4, 0.5) is 19.3 Å². The van der Waals surface area contributed by atoms with E-state index in [1.807, 2.05) is 4.90 Å². The number of alkyl halides is 2. The highest BCUT2D eigenvalue weighted by atomic mass is 19.3. The first kappa shape index (κ1) is 20.6. The van der Waals surface area contributed by atoms with E-state index in [2.05, 4.69) is 10.1 Å². The summed E-state index contributed by atoms with van der Waals surface area (Å²) in [5, 5.41) is 2.78. The number of urea groups is 1. The predicted octanol–water partition coefficient (Wildman–Crippen LogP) is 4.19. The Kier molecular flexibility index (Phi) is 6.64. The highest BCUT2D eigenvalue weighted by Crippen LogP contribution is 2.18. The lowest BCUT2D eigenvalue weighted by atomic mass is 10.1. The number of hydrogen-bond donors (Lipinski definition) is 1. The molecule has 2 aromatic carbocycles. The number of amides is 3. The van der Waals surface area contributed by atoms with Gasteiger partial charge in [-0.15, -0.1) is 0 Å². The van der Waals surface area contributed by atoms with E-state index in [0.29, 0.717) is 11.3 Å². The van der Waals surface area contributed by atoms with Crippen molar-refractivity contribution in [2.45, 2.75) is 26.0 Å². The maximum absolute atomic E-state index is 12.5. The lowest BCUT2D eigenvalue weighted by Gasteiger charge is -2.19. The van der Waals surface area contributed by atoms with Gasteiger partial charge in [-0.3, -0.25) is 4.79 Å². The van der Waals surface area contributed by atoms with Gasteiger partial charge in [-0.2, -0.15) is 8.78 Å². The molecule has 1 heterocycles. The van der Waals surface area contributed by atoms with Crippen LogP contribution in [0, 0.1) is 0 Å². The summed E-state index contributed by atoms with van der Waals surface area (Å²) in [6.07, 6.45) is 2.03. The van der Waals surface area contributed by atoms with Crippen LogP contribution in [0.5, 0.6) is 5.75 Å². The van der Waals surface area contributed by atoms with E-state index in [0.717, 1.165) is 31.5 Å². The van der Waals surface area contributed by atoms with Gasteiger partial charge in [0.05, 0.1) is 0 Å². The molecular formula is C21H23F2N3O3. The number of nitrogens with zero attached hydrogens (tertiary/aromatic N) is 2. The molecule has 3 rings (SSSR count). The van der Waals surface area contributed by atoms with E-state index in [4.69, 9.17) is 0 Å². The van der Waals surface area contributed by atoms with Crippen LogP contribution in [-0.2, 0) is 6.54 Å². The van der Waals surface area contributed by atoms with E-state index in [9.17, 15) is 18.4 Å². The first-order chi connectivity index (χ1) is 13.9. The van der Waals surface area contributed by atoms with Crippen LogP contribution >= 0.6 is 0 Å². The topological polar surface area (TPSA) is 61.9 Å². The summed E-state index contributed by atoms with van der Waals surface area (Å²) in [6, 6.07) is 12.6. The highest BCUT2D eigenvalue weighted by molar-refractivity contribution is 5.97. The molecule has 29 heavy (non-hydrogen) atoms. The largest absolute Gasteiger partial charge is 0.435 e. The average Bonchev–Trinajstić information content (AvgIpc) is 3.23. The van der Waals surface area contributed by atoms with Crippen LogP contribution < -0.4 is 10.1 Å². The van der Waals surface area contributed by atoms with Gasteiger partial charge in [-0.1, -0.05) is 18.2 Å². The number of carbonyl (C=O) groups excluding carboxylic acids is 2. The van der Waals surface area contributed by atoms with Crippen molar-refractivity contribution in [3.05, 3.63) is 59.7 Å². The normalized spacial score (nSPS) is 13.4. The molecule has 0 unspecified atom stereocenters. The third kappa shape index (κ3) is 5.66. The van der Waals surface area contributed by atoms with Crippen molar-refractivity contribution in [2.75, 3.05) is 25.5 Å². The van der Waals surface area contributed by atoms with Crippen molar-refractivity contribution >= 4 is 17.6 Å². The summed E-state index contributed by atoms with van der Waals surface area (Å²) < 4.78 is 28.7. The number of likely N-dealkylation sites (tertiary alicyclic amines) is 1. The molecule has 0 aliphatic carbocycles. The maximum Gasteiger partial charge on any atom is 0.387 e. The highest BCUT2D eigenvalue weighted by Gasteiger charge is 2.20. The zero-order valence-corrected chi connectivity index (χ0v) is 16.1. The Bertz CT molecular complexity index is 853. The van der Waals surface area contributed by atoms with Crippen LogP contribution in [-0.4, -0.2) is 48.5 Å². The molecule has 0 radical (unpaired) electrons. The van der Waals surface area contributed by atoms with E-state index in [-0.39, 0.29) is 24.2 Å². The third-order valence-electron chi connectivity index (χ3n) is 4.67. The number of ether oxygens (including phenoxy) is 1. The van der Waals surface area contributed by atoms with Gasteiger partial charge in [0.2, 0.25) is 0 Å². The zero-order valence-electron chi connectivity index (χ0n) is 16.1. The van der Waals surface area contributed by atoms with Gasteiger partial charge in [0.25, 0.3) is 5.91 Å². The zero-order chi connectivity index (χ0) is 20.8. The molecule has 154 valence electrons. The molecule has 1 aliphatic rings. The van der Waals surface area contributed by atoms with Gasteiger partial charge in [0, 0.05) is 37.9 Å². The molecule has 0 saturated carbocycles. The van der Waals surface area contributed by atoms with Crippen LogP contribution in [0.15, 0.2) is 48.5 Å². The van der Waals surface area contributed by atoms with Crippen molar-refractivity contribution in [3.8, 4) is 5.75 Å². The Morgan fingerprint density at radius 2 is 1.83 bits per heavy atom. The third-order valence-corrected chi connectivity index (χ3v) is 4.67. The summed E-state index contributed by atoms with van der Waals surface area (Å²) >= 11 is 0. The molecular weight excluding hydrogens is 380 g/mol. The quantitative estimate of drug-likeness (QED) is 0.787. The van der Waals surface area contributed by atoms with Crippen molar-refractivity contribution in [1.82, 2.24) is 9.80 Å². The number of halogens is 2. The smallest absolute Gasteiger partial charge is 0.387 e. The molecule has 8 heteroatoms.